The van der Waals surface area contributed by atoms with Gasteiger partial charge in [0.25, 0.3) is 0 Å². The summed E-state index contributed by atoms with van der Waals surface area (Å²) in [6, 6.07) is 11.9. The second kappa shape index (κ2) is 8.90. The van der Waals surface area contributed by atoms with Crippen molar-refractivity contribution in [3.8, 4) is 5.75 Å². The highest BCUT2D eigenvalue weighted by Crippen LogP contribution is 2.21. The summed E-state index contributed by atoms with van der Waals surface area (Å²) in [5.74, 6) is 1.83. The molecule has 0 radical (unpaired) electrons. The molecular formula is C21H28N2O3. The number of carbonyl (C=O) groups excluding carboxylic acids is 1. The molecule has 1 saturated heterocycles. The Hall–Kier alpha value is -2.27. The molecule has 2 heterocycles. The molecule has 3 rings (SSSR count). The summed E-state index contributed by atoms with van der Waals surface area (Å²) < 4.78 is 11.0. The first-order valence-electron chi connectivity index (χ1n) is 9.38. The van der Waals surface area contributed by atoms with E-state index in [2.05, 4.69) is 11.9 Å². The monoisotopic (exact) mass is 356 g/mol. The number of likely N-dealkylation sites (tertiary alicyclic amines) is 1. The number of amides is 1. The summed E-state index contributed by atoms with van der Waals surface area (Å²) >= 11 is 0. The van der Waals surface area contributed by atoms with Gasteiger partial charge in [0.05, 0.1) is 25.8 Å². The van der Waals surface area contributed by atoms with Gasteiger partial charge >= 0.3 is 0 Å². The fourth-order valence-electron chi connectivity index (χ4n) is 3.44. The SMILES string of the molecule is CCOc1ccc(CC(=O)N(Cc2ccco2)C2CCN(C)CC2)cc1. The maximum Gasteiger partial charge on any atom is 0.227 e. The molecule has 0 saturated carbocycles. The summed E-state index contributed by atoms with van der Waals surface area (Å²) in [5.41, 5.74) is 1.01. The fraction of sp³-hybridized carbons (Fsp3) is 0.476. The Labute approximate surface area is 155 Å². The number of hydrogen-bond acceptors (Lipinski definition) is 4. The van der Waals surface area contributed by atoms with Crippen LogP contribution in [0.25, 0.3) is 0 Å². The summed E-state index contributed by atoms with van der Waals surface area (Å²) in [6.07, 6.45) is 4.08. The van der Waals surface area contributed by atoms with Gasteiger partial charge in [0.15, 0.2) is 0 Å². The third-order valence-electron chi connectivity index (χ3n) is 4.95. The second-order valence-corrected chi connectivity index (χ2v) is 6.89. The van der Waals surface area contributed by atoms with Crippen LogP contribution in [0.1, 0.15) is 31.1 Å². The standard InChI is InChI=1S/C21H28N2O3/c1-3-25-19-8-6-17(7-9-19)15-21(24)23(16-20-5-4-14-26-20)18-10-12-22(2)13-11-18/h4-9,14,18H,3,10-13,15-16H2,1-2H3. The van der Waals surface area contributed by atoms with E-state index in [-0.39, 0.29) is 11.9 Å². The third kappa shape index (κ3) is 4.88. The molecule has 1 aromatic heterocycles. The maximum atomic E-state index is 13.1. The number of carbonyl (C=O) groups is 1. The van der Waals surface area contributed by atoms with Crippen LogP contribution in [0.4, 0.5) is 0 Å². The van der Waals surface area contributed by atoms with Crippen LogP contribution in [0.15, 0.2) is 47.1 Å². The highest BCUT2D eigenvalue weighted by molar-refractivity contribution is 5.79. The molecule has 26 heavy (non-hydrogen) atoms. The van der Waals surface area contributed by atoms with Crippen molar-refractivity contribution in [1.29, 1.82) is 0 Å². The molecule has 1 amide bonds. The zero-order valence-electron chi connectivity index (χ0n) is 15.7. The normalized spacial score (nSPS) is 15.8. The number of furan rings is 1. The average Bonchev–Trinajstić information content (AvgIpc) is 3.16. The van der Waals surface area contributed by atoms with Crippen molar-refractivity contribution in [3.05, 3.63) is 54.0 Å². The van der Waals surface area contributed by atoms with Gasteiger partial charge in [-0.3, -0.25) is 4.79 Å². The Morgan fingerprint density at radius 3 is 2.58 bits per heavy atom. The van der Waals surface area contributed by atoms with Crippen LogP contribution in [0.3, 0.4) is 0 Å². The first-order chi connectivity index (χ1) is 12.7. The molecule has 1 aliphatic heterocycles. The minimum atomic E-state index is 0.153. The van der Waals surface area contributed by atoms with Crippen LogP contribution >= 0.6 is 0 Å². The van der Waals surface area contributed by atoms with Crippen molar-refractivity contribution >= 4 is 5.91 Å². The van der Waals surface area contributed by atoms with Crippen LogP contribution in [-0.4, -0.2) is 48.5 Å². The summed E-state index contributed by atoms with van der Waals surface area (Å²) in [5, 5.41) is 0. The lowest BCUT2D eigenvalue weighted by Gasteiger charge is -2.37. The van der Waals surface area contributed by atoms with Gasteiger partial charge in [0.1, 0.15) is 11.5 Å². The Morgan fingerprint density at radius 1 is 1.23 bits per heavy atom. The third-order valence-corrected chi connectivity index (χ3v) is 4.95. The van der Waals surface area contributed by atoms with Crippen molar-refractivity contribution in [2.24, 2.45) is 0 Å². The molecule has 1 aromatic carbocycles. The van der Waals surface area contributed by atoms with E-state index >= 15 is 0 Å². The van der Waals surface area contributed by atoms with Gasteiger partial charge in [-0.2, -0.15) is 0 Å². The lowest BCUT2D eigenvalue weighted by molar-refractivity contribution is -0.134. The Bertz CT molecular complexity index is 674. The van der Waals surface area contributed by atoms with E-state index in [1.807, 2.05) is 48.2 Å². The van der Waals surface area contributed by atoms with E-state index in [0.717, 1.165) is 43.0 Å². The maximum absolute atomic E-state index is 13.1. The van der Waals surface area contributed by atoms with Crippen LogP contribution in [0.5, 0.6) is 5.75 Å². The molecule has 0 N–H and O–H groups in total. The Balaban J connectivity index is 1.69. The molecule has 2 aromatic rings. The summed E-state index contributed by atoms with van der Waals surface area (Å²) in [7, 11) is 2.13. The quantitative estimate of drug-likeness (QED) is 0.763. The average molecular weight is 356 g/mol. The molecule has 0 atom stereocenters. The number of ether oxygens (including phenoxy) is 1. The van der Waals surface area contributed by atoms with Crippen molar-refractivity contribution in [3.63, 3.8) is 0 Å². The van der Waals surface area contributed by atoms with Gasteiger partial charge in [-0.1, -0.05) is 12.1 Å². The van der Waals surface area contributed by atoms with Gasteiger partial charge in [-0.25, -0.2) is 0 Å². The Kier molecular flexibility index (Phi) is 6.34. The lowest BCUT2D eigenvalue weighted by atomic mass is 10.0. The minimum absolute atomic E-state index is 0.153. The number of benzene rings is 1. The van der Waals surface area contributed by atoms with E-state index in [1.165, 1.54) is 0 Å². The van der Waals surface area contributed by atoms with Gasteiger partial charge in [-0.05, 0) is 69.7 Å². The van der Waals surface area contributed by atoms with Crippen molar-refractivity contribution in [2.45, 2.75) is 38.8 Å². The predicted molar refractivity (Wildman–Crippen MR) is 101 cm³/mol. The van der Waals surface area contributed by atoms with E-state index < -0.39 is 0 Å². The van der Waals surface area contributed by atoms with Crippen LogP contribution in [0.2, 0.25) is 0 Å². The van der Waals surface area contributed by atoms with Crippen LogP contribution in [0, 0.1) is 0 Å². The molecule has 1 aliphatic rings. The highest BCUT2D eigenvalue weighted by atomic mass is 16.5. The molecular weight excluding hydrogens is 328 g/mol. The minimum Gasteiger partial charge on any atom is -0.494 e. The molecule has 5 heteroatoms. The zero-order valence-corrected chi connectivity index (χ0v) is 15.7. The summed E-state index contributed by atoms with van der Waals surface area (Å²) in [4.78, 5) is 17.4. The smallest absolute Gasteiger partial charge is 0.227 e. The second-order valence-electron chi connectivity index (χ2n) is 6.89. The van der Waals surface area contributed by atoms with Crippen molar-refractivity contribution in [1.82, 2.24) is 9.80 Å². The molecule has 0 unspecified atom stereocenters. The number of piperidine rings is 1. The van der Waals surface area contributed by atoms with Crippen molar-refractivity contribution < 1.29 is 13.9 Å². The van der Waals surface area contributed by atoms with Crippen LogP contribution < -0.4 is 4.74 Å². The first-order valence-corrected chi connectivity index (χ1v) is 9.38. The molecule has 0 bridgehead atoms. The zero-order chi connectivity index (χ0) is 18.4. The molecule has 1 fully saturated rings. The van der Waals surface area contributed by atoms with E-state index in [1.54, 1.807) is 6.26 Å². The van der Waals surface area contributed by atoms with Gasteiger partial charge in [0, 0.05) is 6.04 Å². The first kappa shape index (κ1) is 18.5. The number of nitrogens with zero attached hydrogens (tertiary/aromatic N) is 2. The lowest BCUT2D eigenvalue weighted by Crippen LogP contribution is -2.46. The topological polar surface area (TPSA) is 45.9 Å². The van der Waals surface area contributed by atoms with Gasteiger partial charge < -0.3 is 19.0 Å². The van der Waals surface area contributed by atoms with E-state index in [9.17, 15) is 4.79 Å². The molecule has 140 valence electrons. The molecule has 0 spiro atoms. The number of hydrogen-bond donors (Lipinski definition) is 0. The highest BCUT2D eigenvalue weighted by Gasteiger charge is 2.27. The van der Waals surface area contributed by atoms with E-state index in [0.29, 0.717) is 19.6 Å². The molecule has 5 nitrogen and oxygen atoms in total. The van der Waals surface area contributed by atoms with Gasteiger partial charge in [0.2, 0.25) is 5.91 Å². The fourth-order valence-corrected chi connectivity index (χ4v) is 3.44. The number of rotatable bonds is 7. The van der Waals surface area contributed by atoms with Gasteiger partial charge in [-0.15, -0.1) is 0 Å². The Morgan fingerprint density at radius 2 is 1.96 bits per heavy atom. The molecule has 0 aliphatic carbocycles. The largest absolute Gasteiger partial charge is 0.494 e. The van der Waals surface area contributed by atoms with Crippen molar-refractivity contribution in [2.75, 3.05) is 26.7 Å². The summed E-state index contributed by atoms with van der Waals surface area (Å²) in [6.45, 7) is 5.19. The van der Waals surface area contributed by atoms with Crippen LogP contribution in [-0.2, 0) is 17.8 Å². The predicted octanol–water partition coefficient (Wildman–Crippen LogP) is 3.34. The van der Waals surface area contributed by atoms with E-state index in [4.69, 9.17) is 9.15 Å².